The van der Waals surface area contributed by atoms with E-state index in [2.05, 4.69) is 20.1 Å². The van der Waals surface area contributed by atoms with Crippen LogP contribution in [0.1, 0.15) is 16.8 Å². The van der Waals surface area contributed by atoms with E-state index in [1.807, 2.05) is 17.0 Å². The van der Waals surface area contributed by atoms with E-state index in [-0.39, 0.29) is 5.82 Å². The monoisotopic (exact) mass is 417 g/mol. The molecule has 0 N–H and O–H groups in total. The minimum absolute atomic E-state index is 0.272. The molecule has 5 nitrogen and oxygen atoms in total. The Hall–Kier alpha value is -3.23. The van der Waals surface area contributed by atoms with E-state index in [9.17, 15) is 17.6 Å². The van der Waals surface area contributed by atoms with Crippen LogP contribution in [-0.2, 0) is 12.6 Å². The highest BCUT2D eigenvalue weighted by Gasteiger charge is 2.31. The van der Waals surface area contributed by atoms with E-state index in [1.54, 1.807) is 12.1 Å². The second-order valence-corrected chi connectivity index (χ2v) is 7.06. The van der Waals surface area contributed by atoms with Gasteiger partial charge in [-0.25, -0.2) is 9.37 Å². The van der Waals surface area contributed by atoms with Gasteiger partial charge in [-0.05, 0) is 42.0 Å². The van der Waals surface area contributed by atoms with Crippen LogP contribution in [0.15, 0.2) is 54.7 Å². The van der Waals surface area contributed by atoms with Crippen LogP contribution in [0.2, 0.25) is 0 Å². The van der Waals surface area contributed by atoms with Crippen LogP contribution < -0.4 is 9.80 Å². The topological polar surface area (TPSA) is 45.2 Å². The lowest BCUT2D eigenvalue weighted by atomic mass is 10.1. The SMILES string of the molecule is Fc1ccc(Cc2ccc(N3CCN(c4ccc(C(F)(F)F)cn4)CC3)nn2)cc1. The first-order valence-corrected chi connectivity index (χ1v) is 9.49. The third kappa shape index (κ3) is 4.67. The average Bonchev–Trinajstić information content (AvgIpc) is 2.76. The summed E-state index contributed by atoms with van der Waals surface area (Å²) in [6.45, 7) is 2.57. The molecule has 0 radical (unpaired) electrons. The molecule has 0 unspecified atom stereocenters. The van der Waals surface area contributed by atoms with E-state index < -0.39 is 11.7 Å². The molecular formula is C21H19F4N5. The summed E-state index contributed by atoms with van der Waals surface area (Å²) in [5.41, 5.74) is 0.995. The molecule has 3 heterocycles. The molecule has 1 aliphatic rings. The second kappa shape index (κ2) is 8.25. The van der Waals surface area contributed by atoms with Crippen LogP contribution in [-0.4, -0.2) is 41.4 Å². The van der Waals surface area contributed by atoms with Crippen molar-refractivity contribution in [3.05, 3.63) is 77.4 Å². The number of rotatable bonds is 4. The first-order chi connectivity index (χ1) is 14.4. The highest BCUT2D eigenvalue weighted by atomic mass is 19.4. The van der Waals surface area contributed by atoms with Gasteiger partial charge in [0.2, 0.25) is 0 Å². The fourth-order valence-electron chi connectivity index (χ4n) is 3.33. The Balaban J connectivity index is 1.34. The van der Waals surface area contributed by atoms with E-state index in [0.717, 1.165) is 29.3 Å². The van der Waals surface area contributed by atoms with E-state index in [1.165, 1.54) is 18.2 Å². The normalized spacial score (nSPS) is 14.8. The molecule has 9 heteroatoms. The maximum Gasteiger partial charge on any atom is 0.417 e. The minimum atomic E-state index is -4.38. The van der Waals surface area contributed by atoms with Crippen molar-refractivity contribution in [3.8, 4) is 0 Å². The Morgan fingerprint density at radius 1 is 0.767 bits per heavy atom. The molecule has 0 saturated carbocycles. The van der Waals surface area contributed by atoms with Crippen LogP contribution in [0.3, 0.4) is 0 Å². The molecule has 1 fully saturated rings. The van der Waals surface area contributed by atoms with Gasteiger partial charge in [-0.15, -0.1) is 5.10 Å². The maximum absolute atomic E-state index is 13.0. The molecule has 0 atom stereocenters. The zero-order valence-electron chi connectivity index (χ0n) is 16.0. The van der Waals surface area contributed by atoms with E-state index >= 15 is 0 Å². The molecule has 2 aromatic heterocycles. The van der Waals surface area contributed by atoms with Gasteiger partial charge in [-0.3, -0.25) is 0 Å². The Kier molecular flexibility index (Phi) is 5.52. The number of benzene rings is 1. The van der Waals surface area contributed by atoms with Crippen LogP contribution in [0.5, 0.6) is 0 Å². The fourth-order valence-corrected chi connectivity index (χ4v) is 3.33. The summed E-state index contributed by atoms with van der Waals surface area (Å²) in [6.07, 6.45) is -2.94. The summed E-state index contributed by atoms with van der Waals surface area (Å²) in [5.74, 6) is 1.01. The largest absolute Gasteiger partial charge is 0.417 e. The van der Waals surface area contributed by atoms with Crippen LogP contribution in [0.25, 0.3) is 0 Å². The van der Waals surface area contributed by atoms with Crippen molar-refractivity contribution in [1.82, 2.24) is 15.2 Å². The molecule has 3 aromatic rings. The van der Waals surface area contributed by atoms with Crippen LogP contribution in [0.4, 0.5) is 29.2 Å². The third-order valence-corrected chi connectivity index (χ3v) is 5.01. The van der Waals surface area contributed by atoms with Crippen molar-refractivity contribution in [2.45, 2.75) is 12.6 Å². The molecule has 0 spiro atoms. The lowest BCUT2D eigenvalue weighted by Gasteiger charge is -2.35. The number of nitrogens with zero attached hydrogens (tertiary/aromatic N) is 5. The number of aromatic nitrogens is 3. The van der Waals surface area contributed by atoms with Gasteiger partial charge in [-0.2, -0.15) is 18.3 Å². The Morgan fingerprint density at radius 2 is 1.40 bits per heavy atom. The molecule has 1 aliphatic heterocycles. The lowest BCUT2D eigenvalue weighted by Crippen LogP contribution is -2.47. The number of pyridine rings is 1. The summed E-state index contributed by atoms with van der Waals surface area (Å²) in [7, 11) is 0. The Morgan fingerprint density at radius 3 is 1.93 bits per heavy atom. The lowest BCUT2D eigenvalue weighted by molar-refractivity contribution is -0.137. The highest BCUT2D eigenvalue weighted by Crippen LogP contribution is 2.29. The van der Waals surface area contributed by atoms with Gasteiger partial charge < -0.3 is 9.80 Å². The maximum atomic E-state index is 13.0. The summed E-state index contributed by atoms with van der Waals surface area (Å²) >= 11 is 0. The number of halogens is 4. The van der Waals surface area contributed by atoms with Gasteiger partial charge in [0.25, 0.3) is 0 Å². The zero-order chi connectivity index (χ0) is 21.1. The standard InChI is InChI=1S/C21H19F4N5/c22-17-4-1-15(2-5-17)13-18-6-8-20(28-27-18)30-11-9-29(10-12-30)19-7-3-16(14-26-19)21(23,24)25/h1-8,14H,9-13H2. The van der Waals surface area contributed by atoms with Gasteiger partial charge in [0, 0.05) is 38.8 Å². The highest BCUT2D eigenvalue weighted by molar-refractivity contribution is 5.45. The van der Waals surface area contributed by atoms with Crippen molar-refractivity contribution in [1.29, 1.82) is 0 Å². The molecule has 4 rings (SSSR count). The average molecular weight is 417 g/mol. The van der Waals surface area contributed by atoms with Crippen LogP contribution >= 0.6 is 0 Å². The summed E-state index contributed by atoms with van der Waals surface area (Å²) in [4.78, 5) is 7.99. The Bertz CT molecular complexity index is 964. The van der Waals surface area contributed by atoms with Crippen molar-refractivity contribution in [2.24, 2.45) is 0 Å². The summed E-state index contributed by atoms with van der Waals surface area (Å²) in [6, 6.07) is 12.5. The quantitative estimate of drug-likeness (QED) is 0.602. The van der Waals surface area contributed by atoms with Crippen molar-refractivity contribution in [3.63, 3.8) is 0 Å². The summed E-state index contributed by atoms with van der Waals surface area (Å²) < 4.78 is 51.0. The molecule has 156 valence electrons. The predicted molar refractivity (Wildman–Crippen MR) is 105 cm³/mol. The summed E-state index contributed by atoms with van der Waals surface area (Å²) in [5, 5.41) is 8.56. The molecule has 1 aromatic carbocycles. The van der Waals surface area contributed by atoms with Crippen molar-refractivity contribution < 1.29 is 17.6 Å². The van der Waals surface area contributed by atoms with Crippen molar-refractivity contribution in [2.75, 3.05) is 36.0 Å². The van der Waals surface area contributed by atoms with E-state index in [4.69, 9.17) is 0 Å². The first-order valence-electron chi connectivity index (χ1n) is 9.49. The van der Waals surface area contributed by atoms with Crippen molar-refractivity contribution >= 4 is 11.6 Å². The molecule has 0 aliphatic carbocycles. The van der Waals surface area contributed by atoms with Gasteiger partial charge in [0.05, 0.1) is 11.3 Å². The fraction of sp³-hybridized carbons (Fsp3) is 0.286. The zero-order valence-corrected chi connectivity index (χ0v) is 16.0. The smallest absolute Gasteiger partial charge is 0.353 e. The van der Waals surface area contributed by atoms with E-state index in [0.29, 0.717) is 38.4 Å². The first kappa shape index (κ1) is 20.1. The minimum Gasteiger partial charge on any atom is -0.353 e. The molecule has 0 bridgehead atoms. The van der Waals surface area contributed by atoms with Gasteiger partial charge in [0.1, 0.15) is 11.6 Å². The molecular weight excluding hydrogens is 398 g/mol. The molecule has 1 saturated heterocycles. The van der Waals surface area contributed by atoms with Gasteiger partial charge in [-0.1, -0.05) is 12.1 Å². The number of piperazine rings is 1. The predicted octanol–water partition coefficient (Wildman–Crippen LogP) is 3.95. The van der Waals surface area contributed by atoms with Gasteiger partial charge in [0.15, 0.2) is 5.82 Å². The molecule has 30 heavy (non-hydrogen) atoms. The molecule has 0 amide bonds. The third-order valence-electron chi connectivity index (χ3n) is 5.01. The number of alkyl halides is 3. The van der Waals surface area contributed by atoms with Crippen LogP contribution in [0, 0.1) is 5.82 Å². The number of hydrogen-bond donors (Lipinski definition) is 0. The number of hydrogen-bond acceptors (Lipinski definition) is 5. The second-order valence-electron chi connectivity index (χ2n) is 7.06. The Labute approximate surface area is 171 Å². The number of anilines is 2. The van der Waals surface area contributed by atoms with Gasteiger partial charge >= 0.3 is 6.18 Å².